The molecule has 0 bridgehead atoms. The lowest BCUT2D eigenvalue weighted by Gasteiger charge is -2.21. The number of esters is 1. The highest BCUT2D eigenvalue weighted by Gasteiger charge is 2.39. The number of carbonyl (C=O) groups is 4. The van der Waals surface area contributed by atoms with Crippen molar-refractivity contribution in [1.29, 1.82) is 0 Å². The Kier molecular flexibility index (Phi) is 6.93. The maximum Gasteiger partial charge on any atom is 0.308 e. The van der Waals surface area contributed by atoms with Crippen LogP contribution >= 0.6 is 11.6 Å². The molecule has 10 heteroatoms. The molecule has 3 aromatic carbocycles. The van der Waals surface area contributed by atoms with Gasteiger partial charge in [-0.2, -0.15) is 0 Å². The van der Waals surface area contributed by atoms with E-state index in [1.807, 2.05) is 0 Å². The largest absolute Gasteiger partial charge is 0.466 e. The van der Waals surface area contributed by atoms with Crippen molar-refractivity contribution in [2.75, 3.05) is 6.61 Å². The van der Waals surface area contributed by atoms with Gasteiger partial charge in [0, 0.05) is 21.7 Å². The lowest BCUT2D eigenvalue weighted by molar-refractivity contribution is -0.385. The van der Waals surface area contributed by atoms with Crippen molar-refractivity contribution >= 4 is 40.7 Å². The van der Waals surface area contributed by atoms with Crippen molar-refractivity contribution in [3.63, 3.8) is 0 Å². The third-order valence-corrected chi connectivity index (χ3v) is 6.10. The zero-order valence-electron chi connectivity index (χ0n) is 18.9. The van der Waals surface area contributed by atoms with E-state index in [2.05, 4.69) is 5.32 Å². The number of hydrogen-bond donors (Lipinski definition) is 1. The quantitative estimate of drug-likeness (QED) is 0.222. The number of ketones is 2. The topological polar surface area (TPSA) is 133 Å². The van der Waals surface area contributed by atoms with Crippen LogP contribution in [0, 0.1) is 10.1 Å². The van der Waals surface area contributed by atoms with Gasteiger partial charge >= 0.3 is 5.97 Å². The molecule has 182 valence electrons. The highest BCUT2D eigenvalue weighted by molar-refractivity contribution is 6.31. The van der Waals surface area contributed by atoms with Crippen LogP contribution in [0.2, 0.25) is 5.02 Å². The van der Waals surface area contributed by atoms with Crippen LogP contribution in [0.25, 0.3) is 0 Å². The second kappa shape index (κ2) is 10.1. The number of rotatable bonds is 7. The highest BCUT2D eigenvalue weighted by atomic mass is 35.5. The fraction of sp³-hybridized carbons (Fsp3) is 0.154. The normalized spacial score (nSPS) is 12.8. The monoisotopic (exact) mass is 506 g/mol. The van der Waals surface area contributed by atoms with Gasteiger partial charge in [0.2, 0.25) is 5.78 Å². The number of carbonyl (C=O) groups excluding carboxylic acids is 4. The minimum Gasteiger partial charge on any atom is -0.466 e. The van der Waals surface area contributed by atoms with E-state index in [1.165, 1.54) is 18.2 Å². The summed E-state index contributed by atoms with van der Waals surface area (Å²) in [6.45, 7) is 1.75. The van der Waals surface area contributed by atoms with E-state index in [1.54, 1.807) is 43.3 Å². The predicted octanol–water partition coefficient (Wildman–Crippen LogP) is 4.45. The summed E-state index contributed by atoms with van der Waals surface area (Å²) in [7, 11) is 0. The number of nitrogens with zero attached hydrogens (tertiary/aromatic N) is 1. The van der Waals surface area contributed by atoms with E-state index in [4.69, 9.17) is 16.3 Å². The smallest absolute Gasteiger partial charge is 0.308 e. The first-order valence-electron chi connectivity index (χ1n) is 10.9. The first-order chi connectivity index (χ1) is 17.2. The molecule has 1 aliphatic rings. The molecule has 1 atom stereocenters. The van der Waals surface area contributed by atoms with Crippen molar-refractivity contribution < 1.29 is 28.8 Å². The van der Waals surface area contributed by atoms with E-state index in [9.17, 15) is 29.3 Å². The van der Waals surface area contributed by atoms with Crippen LogP contribution < -0.4 is 5.32 Å². The van der Waals surface area contributed by atoms with Gasteiger partial charge in [-0.05, 0) is 30.7 Å². The molecule has 1 N–H and O–H groups in total. The van der Waals surface area contributed by atoms with Gasteiger partial charge in [0.25, 0.3) is 11.6 Å². The Bertz CT molecular complexity index is 1430. The summed E-state index contributed by atoms with van der Waals surface area (Å²) in [6.07, 6.45) is -0.285. The Morgan fingerprint density at radius 1 is 0.972 bits per heavy atom. The minimum absolute atomic E-state index is 0.0203. The average molecular weight is 507 g/mol. The number of benzene rings is 3. The summed E-state index contributed by atoms with van der Waals surface area (Å²) in [4.78, 5) is 62.9. The molecular formula is C26H19ClN2O7. The molecule has 9 nitrogen and oxygen atoms in total. The first kappa shape index (κ1) is 24.7. The zero-order valence-corrected chi connectivity index (χ0v) is 19.7. The molecule has 1 amide bonds. The van der Waals surface area contributed by atoms with Crippen LogP contribution in [0.3, 0.4) is 0 Å². The van der Waals surface area contributed by atoms with Crippen molar-refractivity contribution in [3.8, 4) is 0 Å². The number of amides is 1. The van der Waals surface area contributed by atoms with Gasteiger partial charge in [0.15, 0.2) is 5.78 Å². The van der Waals surface area contributed by atoms with Crippen molar-refractivity contribution in [2.45, 2.75) is 19.4 Å². The van der Waals surface area contributed by atoms with Gasteiger partial charge in [-0.25, -0.2) is 0 Å². The Balaban J connectivity index is 1.78. The Morgan fingerprint density at radius 2 is 1.61 bits per heavy atom. The molecular weight excluding hydrogens is 488 g/mol. The van der Waals surface area contributed by atoms with E-state index < -0.39 is 51.2 Å². The number of nitro benzene ring substituents is 1. The number of fused-ring (bicyclic) bond motifs is 2. The van der Waals surface area contributed by atoms with Crippen LogP contribution in [-0.2, 0) is 9.53 Å². The molecule has 0 heterocycles. The summed E-state index contributed by atoms with van der Waals surface area (Å²) in [5, 5.41) is 15.0. The van der Waals surface area contributed by atoms with Crippen LogP contribution in [0.4, 0.5) is 5.69 Å². The maximum absolute atomic E-state index is 13.3. The molecule has 0 saturated carbocycles. The molecule has 0 spiro atoms. The molecule has 36 heavy (non-hydrogen) atoms. The average Bonchev–Trinajstić information content (AvgIpc) is 2.86. The standard InChI is InChI=1S/C26H19ClN2O7/c1-2-36-21(30)13-20(16-9-5-6-10-19(16)27)28-26(33)18-12-11-17-22(23(18)29(34)35)25(32)15-8-4-3-7-14(15)24(17)31/h3-12,20H,2,13H2,1H3,(H,28,33). The van der Waals surface area contributed by atoms with Gasteiger partial charge < -0.3 is 10.1 Å². The lowest BCUT2D eigenvalue weighted by atomic mass is 9.82. The highest BCUT2D eigenvalue weighted by Crippen LogP contribution is 2.36. The molecule has 1 aliphatic carbocycles. The second-order valence-corrected chi connectivity index (χ2v) is 8.31. The summed E-state index contributed by atoms with van der Waals surface area (Å²) >= 11 is 6.27. The number of halogens is 1. The fourth-order valence-corrected chi connectivity index (χ4v) is 4.43. The molecule has 0 saturated heterocycles. The number of nitro groups is 1. The van der Waals surface area contributed by atoms with Crippen LogP contribution in [-0.4, -0.2) is 35.0 Å². The molecule has 4 rings (SSSR count). The van der Waals surface area contributed by atoms with Gasteiger partial charge in [-0.1, -0.05) is 54.1 Å². The Hall–Kier alpha value is -4.37. The number of nitrogens with one attached hydrogen (secondary N) is 1. The zero-order chi connectivity index (χ0) is 26.0. The van der Waals surface area contributed by atoms with Gasteiger partial charge in [0.1, 0.15) is 11.1 Å². The summed E-state index contributed by atoms with van der Waals surface area (Å²) in [5.41, 5.74) is -1.26. The molecule has 1 unspecified atom stereocenters. The SMILES string of the molecule is CCOC(=O)CC(NC(=O)c1ccc2c(c1[N+](=O)[O-])C(=O)c1ccccc1C2=O)c1ccccc1Cl. The fourth-order valence-electron chi connectivity index (χ4n) is 4.16. The van der Waals surface area contributed by atoms with Crippen LogP contribution in [0.5, 0.6) is 0 Å². The first-order valence-corrected chi connectivity index (χ1v) is 11.3. The summed E-state index contributed by atoms with van der Waals surface area (Å²) in [5.74, 6) is -2.81. The number of ether oxygens (including phenoxy) is 1. The molecule has 3 aromatic rings. The van der Waals surface area contributed by atoms with Crippen molar-refractivity contribution in [1.82, 2.24) is 5.32 Å². The van der Waals surface area contributed by atoms with Crippen molar-refractivity contribution in [3.05, 3.63) is 109 Å². The van der Waals surface area contributed by atoms with Crippen molar-refractivity contribution in [2.24, 2.45) is 0 Å². The van der Waals surface area contributed by atoms with Gasteiger partial charge in [-0.15, -0.1) is 0 Å². The predicted molar refractivity (Wildman–Crippen MR) is 129 cm³/mol. The molecule has 0 fully saturated rings. The lowest BCUT2D eigenvalue weighted by Crippen LogP contribution is -2.32. The second-order valence-electron chi connectivity index (χ2n) is 7.90. The van der Waals surface area contributed by atoms with E-state index in [-0.39, 0.29) is 34.7 Å². The minimum atomic E-state index is -0.973. The molecule has 0 radical (unpaired) electrons. The molecule has 0 aromatic heterocycles. The third kappa shape index (κ3) is 4.48. The molecule has 0 aliphatic heterocycles. The summed E-state index contributed by atoms with van der Waals surface area (Å²) < 4.78 is 4.99. The van der Waals surface area contributed by atoms with Crippen LogP contribution in [0.1, 0.15) is 67.2 Å². The third-order valence-electron chi connectivity index (χ3n) is 5.76. The summed E-state index contributed by atoms with van der Waals surface area (Å²) in [6, 6.07) is 13.9. The van der Waals surface area contributed by atoms with E-state index >= 15 is 0 Å². The van der Waals surface area contributed by atoms with E-state index in [0.717, 1.165) is 6.07 Å². The van der Waals surface area contributed by atoms with E-state index in [0.29, 0.717) is 5.56 Å². The maximum atomic E-state index is 13.3. The van der Waals surface area contributed by atoms with Gasteiger partial charge in [-0.3, -0.25) is 29.3 Å². The van der Waals surface area contributed by atoms with Crippen LogP contribution in [0.15, 0.2) is 60.7 Å². The Labute approximate surface area is 210 Å². The number of hydrogen-bond acceptors (Lipinski definition) is 7. The Morgan fingerprint density at radius 3 is 2.25 bits per heavy atom. The van der Waals surface area contributed by atoms with Gasteiger partial charge in [0.05, 0.1) is 24.0 Å².